The maximum Gasteiger partial charge on any atom is 0.227 e. The molecule has 0 aliphatic rings. The third-order valence-electron chi connectivity index (χ3n) is 1.52. The van der Waals surface area contributed by atoms with Gasteiger partial charge in [-0.05, 0) is 34.5 Å². The van der Waals surface area contributed by atoms with Crippen molar-refractivity contribution in [3.05, 3.63) is 28.6 Å². The molecule has 0 fully saturated rings. The fraction of sp³-hybridized carbons (Fsp3) is 0.125. The van der Waals surface area contributed by atoms with Gasteiger partial charge in [0.15, 0.2) is 0 Å². The Balaban J connectivity index is 2.87. The predicted octanol–water partition coefficient (Wildman–Crippen LogP) is 2.90. The first kappa shape index (κ1) is 6.85. The Kier molecular flexibility index (Phi) is 1.46. The number of aromatic nitrogens is 1. The summed E-state index contributed by atoms with van der Waals surface area (Å²) in [5, 5.41) is 1.03. The summed E-state index contributed by atoms with van der Waals surface area (Å²) in [6.45, 7) is 2.01. The van der Waals surface area contributed by atoms with Crippen molar-refractivity contribution in [3.8, 4) is 0 Å². The molecule has 0 saturated heterocycles. The molecular formula is C8H6BrNO. The molecule has 0 bridgehead atoms. The maximum absolute atomic E-state index is 5.15. The number of hydrogen-bond acceptors (Lipinski definition) is 2. The lowest BCUT2D eigenvalue weighted by atomic mass is 10.2. The molecule has 2 aromatic rings. The summed E-state index contributed by atoms with van der Waals surface area (Å²) in [5.41, 5.74) is 1.82. The second-order valence-corrected chi connectivity index (χ2v) is 3.30. The minimum Gasteiger partial charge on any atom is -0.445 e. The van der Waals surface area contributed by atoms with Gasteiger partial charge < -0.3 is 4.42 Å². The topological polar surface area (TPSA) is 26.0 Å². The van der Waals surface area contributed by atoms with Crippen LogP contribution in [0.3, 0.4) is 0 Å². The maximum atomic E-state index is 5.15. The van der Waals surface area contributed by atoms with Crippen LogP contribution >= 0.6 is 15.9 Å². The molecule has 0 N–H and O–H groups in total. The third-order valence-corrected chi connectivity index (χ3v) is 2.13. The minimum absolute atomic E-state index is 0.683. The van der Waals surface area contributed by atoms with Crippen LogP contribution in [-0.2, 0) is 0 Å². The number of hydrogen-bond donors (Lipinski definition) is 0. The molecule has 2 aromatic heterocycles. The van der Waals surface area contributed by atoms with E-state index in [1.165, 1.54) is 0 Å². The highest BCUT2D eigenvalue weighted by Crippen LogP contribution is 2.24. The average Bonchev–Trinajstić information content (AvgIpc) is 2.33. The second-order valence-electron chi connectivity index (χ2n) is 2.45. The summed E-state index contributed by atoms with van der Waals surface area (Å²) in [6, 6.07) is 2.04. The number of rotatable bonds is 0. The highest BCUT2D eigenvalue weighted by molar-refractivity contribution is 9.10. The first-order valence-electron chi connectivity index (χ1n) is 3.27. The fourth-order valence-corrected chi connectivity index (χ4v) is 1.37. The highest BCUT2D eigenvalue weighted by Gasteiger charge is 2.02. The predicted molar refractivity (Wildman–Crippen MR) is 46.4 cm³/mol. The van der Waals surface area contributed by atoms with Gasteiger partial charge in [0.25, 0.3) is 0 Å². The van der Waals surface area contributed by atoms with Crippen LogP contribution in [0.25, 0.3) is 11.1 Å². The van der Waals surface area contributed by atoms with Crippen LogP contribution in [0.15, 0.2) is 27.4 Å². The fourth-order valence-electron chi connectivity index (χ4n) is 0.993. The SMILES string of the molecule is Cc1cnc2occ(Br)c2c1. The normalized spacial score (nSPS) is 10.7. The van der Waals surface area contributed by atoms with Gasteiger partial charge in [-0.1, -0.05) is 0 Å². The lowest BCUT2D eigenvalue weighted by Crippen LogP contribution is -1.75. The summed E-state index contributed by atoms with van der Waals surface area (Å²) in [7, 11) is 0. The Morgan fingerprint density at radius 3 is 3.18 bits per heavy atom. The van der Waals surface area contributed by atoms with Crippen molar-refractivity contribution in [1.82, 2.24) is 4.98 Å². The van der Waals surface area contributed by atoms with Gasteiger partial charge in [0.05, 0.1) is 9.86 Å². The molecule has 2 heterocycles. The van der Waals surface area contributed by atoms with Gasteiger partial charge in [0.1, 0.15) is 6.26 Å². The molecule has 0 aliphatic carbocycles. The largest absolute Gasteiger partial charge is 0.445 e. The van der Waals surface area contributed by atoms with Crippen molar-refractivity contribution in [2.75, 3.05) is 0 Å². The first-order chi connectivity index (χ1) is 5.27. The molecule has 2 nitrogen and oxygen atoms in total. The lowest BCUT2D eigenvalue weighted by Gasteiger charge is -1.89. The van der Waals surface area contributed by atoms with Gasteiger partial charge in [-0.25, -0.2) is 4.98 Å². The molecule has 3 heteroatoms. The Labute approximate surface area is 72.4 Å². The molecule has 2 rings (SSSR count). The standard InChI is InChI=1S/C8H6BrNO/c1-5-2-6-7(9)4-11-8(6)10-3-5/h2-4H,1H3. The van der Waals surface area contributed by atoms with Crippen molar-refractivity contribution in [1.29, 1.82) is 0 Å². The summed E-state index contributed by atoms with van der Waals surface area (Å²) in [5.74, 6) is 0. The van der Waals surface area contributed by atoms with E-state index in [2.05, 4.69) is 20.9 Å². The second kappa shape index (κ2) is 2.34. The van der Waals surface area contributed by atoms with E-state index in [0.29, 0.717) is 5.71 Å². The molecule has 0 aromatic carbocycles. The van der Waals surface area contributed by atoms with Crippen molar-refractivity contribution in [3.63, 3.8) is 0 Å². The van der Waals surface area contributed by atoms with E-state index < -0.39 is 0 Å². The summed E-state index contributed by atoms with van der Waals surface area (Å²) in [6.07, 6.45) is 3.44. The van der Waals surface area contributed by atoms with E-state index in [-0.39, 0.29) is 0 Å². The number of pyridine rings is 1. The number of furan rings is 1. The Hall–Kier alpha value is -0.830. The quantitative estimate of drug-likeness (QED) is 0.670. The minimum atomic E-state index is 0.683. The number of aryl methyl sites for hydroxylation is 1. The molecule has 0 spiro atoms. The Bertz CT molecular complexity index is 394. The van der Waals surface area contributed by atoms with E-state index in [1.807, 2.05) is 13.0 Å². The van der Waals surface area contributed by atoms with E-state index >= 15 is 0 Å². The van der Waals surface area contributed by atoms with E-state index in [0.717, 1.165) is 15.4 Å². The van der Waals surface area contributed by atoms with E-state index in [4.69, 9.17) is 4.42 Å². The summed E-state index contributed by atoms with van der Waals surface area (Å²) < 4.78 is 6.11. The van der Waals surface area contributed by atoms with Crippen molar-refractivity contribution in [2.24, 2.45) is 0 Å². The molecule has 56 valence electrons. The third kappa shape index (κ3) is 1.05. The van der Waals surface area contributed by atoms with Crippen LogP contribution in [-0.4, -0.2) is 4.98 Å². The molecule has 11 heavy (non-hydrogen) atoms. The van der Waals surface area contributed by atoms with Gasteiger partial charge >= 0.3 is 0 Å². The summed E-state index contributed by atoms with van der Waals surface area (Å²) >= 11 is 3.37. The van der Waals surface area contributed by atoms with Crippen LogP contribution in [0.4, 0.5) is 0 Å². The highest BCUT2D eigenvalue weighted by atomic mass is 79.9. The molecule has 0 amide bonds. The zero-order valence-corrected chi connectivity index (χ0v) is 7.55. The Morgan fingerprint density at radius 2 is 2.36 bits per heavy atom. The van der Waals surface area contributed by atoms with Crippen LogP contribution in [0.5, 0.6) is 0 Å². The van der Waals surface area contributed by atoms with Crippen LogP contribution in [0, 0.1) is 6.92 Å². The first-order valence-corrected chi connectivity index (χ1v) is 4.06. The van der Waals surface area contributed by atoms with Crippen molar-refractivity contribution >= 4 is 27.0 Å². The molecule has 0 aliphatic heterocycles. The Morgan fingerprint density at radius 1 is 1.55 bits per heavy atom. The zero-order chi connectivity index (χ0) is 7.84. The van der Waals surface area contributed by atoms with E-state index in [9.17, 15) is 0 Å². The summed E-state index contributed by atoms with van der Waals surface area (Å²) in [4.78, 5) is 4.10. The number of nitrogens with zero attached hydrogens (tertiary/aromatic N) is 1. The number of fused-ring (bicyclic) bond motifs is 1. The molecule has 0 saturated carbocycles. The monoisotopic (exact) mass is 211 g/mol. The van der Waals surface area contributed by atoms with Crippen LogP contribution in [0.2, 0.25) is 0 Å². The lowest BCUT2D eigenvalue weighted by molar-refractivity contribution is 0.601. The van der Waals surface area contributed by atoms with Crippen LogP contribution in [0.1, 0.15) is 5.56 Å². The molecule has 0 atom stereocenters. The number of halogens is 1. The smallest absolute Gasteiger partial charge is 0.227 e. The molecule has 0 unspecified atom stereocenters. The van der Waals surface area contributed by atoms with Gasteiger partial charge in [0, 0.05) is 6.20 Å². The van der Waals surface area contributed by atoms with Crippen molar-refractivity contribution < 1.29 is 4.42 Å². The van der Waals surface area contributed by atoms with E-state index in [1.54, 1.807) is 12.5 Å². The van der Waals surface area contributed by atoms with Gasteiger partial charge in [-0.2, -0.15) is 0 Å². The van der Waals surface area contributed by atoms with Gasteiger partial charge in [0.2, 0.25) is 5.71 Å². The average molecular weight is 212 g/mol. The van der Waals surface area contributed by atoms with Crippen molar-refractivity contribution in [2.45, 2.75) is 6.92 Å². The zero-order valence-electron chi connectivity index (χ0n) is 5.97. The molecular weight excluding hydrogens is 206 g/mol. The van der Waals surface area contributed by atoms with Gasteiger partial charge in [-0.3, -0.25) is 0 Å². The van der Waals surface area contributed by atoms with Gasteiger partial charge in [-0.15, -0.1) is 0 Å². The molecule has 0 radical (unpaired) electrons. The van der Waals surface area contributed by atoms with Crippen LogP contribution < -0.4 is 0 Å².